The van der Waals surface area contributed by atoms with Crippen LogP contribution >= 0.6 is 0 Å². The van der Waals surface area contributed by atoms with Gasteiger partial charge >= 0.3 is 6.18 Å². The first kappa shape index (κ1) is 15.6. The van der Waals surface area contributed by atoms with Crippen molar-refractivity contribution in [2.45, 2.75) is 25.9 Å². The molecule has 0 aliphatic heterocycles. The number of halogens is 3. The van der Waals surface area contributed by atoms with E-state index in [9.17, 15) is 18.0 Å². The second-order valence-corrected chi connectivity index (χ2v) is 4.66. The number of hydrogen-bond donors (Lipinski definition) is 2. The Balaban J connectivity index is 2.32. The van der Waals surface area contributed by atoms with Crippen molar-refractivity contribution < 1.29 is 22.5 Å². The third kappa shape index (κ3) is 2.78. The zero-order chi connectivity index (χ0) is 16.5. The van der Waals surface area contributed by atoms with Crippen molar-refractivity contribution in [1.29, 1.82) is 5.26 Å². The molecule has 10 heteroatoms. The van der Waals surface area contributed by atoms with Gasteiger partial charge in [-0.1, -0.05) is 19.0 Å². The lowest BCUT2D eigenvalue weighted by Crippen LogP contribution is -2.18. The Kier molecular flexibility index (Phi) is 3.90. The van der Waals surface area contributed by atoms with Gasteiger partial charge in [-0.25, -0.2) is 0 Å². The van der Waals surface area contributed by atoms with Gasteiger partial charge in [0.05, 0.1) is 5.69 Å². The quantitative estimate of drug-likeness (QED) is 0.905. The third-order valence-electron chi connectivity index (χ3n) is 2.80. The van der Waals surface area contributed by atoms with E-state index < -0.39 is 23.3 Å². The second-order valence-electron chi connectivity index (χ2n) is 4.66. The van der Waals surface area contributed by atoms with Crippen molar-refractivity contribution in [2.75, 3.05) is 5.32 Å². The molecule has 2 N–H and O–H groups in total. The minimum atomic E-state index is -4.83. The molecule has 7 nitrogen and oxygen atoms in total. The molecule has 22 heavy (non-hydrogen) atoms. The van der Waals surface area contributed by atoms with Crippen LogP contribution in [0, 0.1) is 11.3 Å². The summed E-state index contributed by atoms with van der Waals surface area (Å²) < 4.78 is 42.2. The van der Waals surface area contributed by atoms with E-state index in [0.29, 0.717) is 12.0 Å². The molecule has 2 heterocycles. The Labute approximate surface area is 122 Å². The number of carbonyl (C=O) groups is 1. The highest BCUT2D eigenvalue weighted by atomic mass is 19.4. The Morgan fingerprint density at radius 2 is 2.18 bits per heavy atom. The summed E-state index contributed by atoms with van der Waals surface area (Å²) in [5.41, 5.74) is -1.69. The van der Waals surface area contributed by atoms with Crippen LogP contribution in [0.5, 0.6) is 0 Å². The van der Waals surface area contributed by atoms with E-state index in [2.05, 4.69) is 25.2 Å². The monoisotopic (exact) mass is 313 g/mol. The van der Waals surface area contributed by atoms with Crippen LogP contribution in [0.4, 0.5) is 19.0 Å². The maximum atomic E-state index is 12.7. The number of nitriles is 1. The van der Waals surface area contributed by atoms with E-state index in [1.165, 1.54) is 0 Å². The molecule has 0 saturated carbocycles. The SMILES string of the molecule is CC(C)c1[nH]nc(NC(=O)c2conc2C(F)(F)F)c1C#N. The van der Waals surface area contributed by atoms with Crippen molar-refractivity contribution in [3.63, 3.8) is 0 Å². The van der Waals surface area contributed by atoms with Gasteiger partial charge in [0.25, 0.3) is 5.91 Å². The Hall–Kier alpha value is -2.83. The zero-order valence-corrected chi connectivity index (χ0v) is 11.4. The standard InChI is InChI=1S/C12H10F3N5O2/c1-5(2)8-6(3-16)10(19-18-8)17-11(21)7-4-22-20-9(7)12(13,14)15/h4-5H,1-2H3,(H2,17,18,19,21). The minimum Gasteiger partial charge on any atom is -0.363 e. The highest BCUT2D eigenvalue weighted by Gasteiger charge is 2.39. The first-order valence-electron chi connectivity index (χ1n) is 6.07. The largest absolute Gasteiger partial charge is 0.437 e. The lowest BCUT2D eigenvalue weighted by atomic mass is 10.1. The maximum absolute atomic E-state index is 12.7. The van der Waals surface area contributed by atoms with Crippen LogP contribution < -0.4 is 5.32 Å². The van der Waals surface area contributed by atoms with E-state index in [0.717, 1.165) is 0 Å². The summed E-state index contributed by atoms with van der Waals surface area (Å²) in [6, 6.07) is 1.85. The molecule has 0 fully saturated rings. The normalized spacial score (nSPS) is 11.5. The van der Waals surface area contributed by atoms with Crippen LogP contribution in [0.3, 0.4) is 0 Å². The lowest BCUT2D eigenvalue weighted by molar-refractivity contribution is -0.143. The molecule has 1 amide bonds. The predicted octanol–water partition coefficient (Wildman–Crippen LogP) is 2.66. The van der Waals surface area contributed by atoms with Crippen LogP contribution in [0.2, 0.25) is 0 Å². The Bertz CT molecular complexity index is 739. The fourth-order valence-electron chi connectivity index (χ4n) is 1.75. The van der Waals surface area contributed by atoms with Gasteiger partial charge in [0.15, 0.2) is 11.5 Å². The summed E-state index contributed by atoms with van der Waals surface area (Å²) in [5, 5.41) is 20.3. The molecule has 2 aromatic heterocycles. The number of hydrogen-bond acceptors (Lipinski definition) is 5. The molecule has 0 aliphatic carbocycles. The second kappa shape index (κ2) is 5.51. The van der Waals surface area contributed by atoms with Gasteiger partial charge < -0.3 is 9.84 Å². The average molecular weight is 313 g/mol. The summed E-state index contributed by atoms with van der Waals surface area (Å²) in [7, 11) is 0. The maximum Gasteiger partial charge on any atom is 0.437 e. The summed E-state index contributed by atoms with van der Waals surface area (Å²) in [6.45, 7) is 3.59. The number of rotatable bonds is 3. The number of aromatic nitrogens is 3. The summed E-state index contributed by atoms with van der Waals surface area (Å²) in [5.74, 6) is -1.34. The number of alkyl halides is 3. The van der Waals surface area contributed by atoms with E-state index >= 15 is 0 Å². The molecular weight excluding hydrogens is 303 g/mol. The smallest absolute Gasteiger partial charge is 0.363 e. The number of nitrogens with zero attached hydrogens (tertiary/aromatic N) is 3. The topological polar surface area (TPSA) is 108 Å². The van der Waals surface area contributed by atoms with Gasteiger partial charge in [0, 0.05) is 0 Å². The van der Waals surface area contributed by atoms with Gasteiger partial charge in [-0.3, -0.25) is 9.89 Å². The van der Waals surface area contributed by atoms with E-state index in [1.54, 1.807) is 13.8 Å². The molecule has 0 aromatic carbocycles. The minimum absolute atomic E-state index is 0.0633. The Morgan fingerprint density at radius 3 is 2.73 bits per heavy atom. The number of aromatic amines is 1. The highest BCUT2D eigenvalue weighted by molar-refractivity contribution is 6.05. The molecule has 0 bridgehead atoms. The highest BCUT2D eigenvalue weighted by Crippen LogP contribution is 2.31. The molecule has 2 rings (SSSR count). The zero-order valence-electron chi connectivity index (χ0n) is 11.4. The summed E-state index contributed by atoms with van der Waals surface area (Å²) >= 11 is 0. The van der Waals surface area contributed by atoms with Gasteiger partial charge in [0.2, 0.25) is 0 Å². The average Bonchev–Trinajstić information content (AvgIpc) is 3.03. The first-order chi connectivity index (χ1) is 10.3. The number of carbonyl (C=O) groups excluding carboxylic acids is 1. The lowest BCUT2D eigenvalue weighted by Gasteiger charge is -2.05. The van der Waals surface area contributed by atoms with Crippen molar-refractivity contribution >= 4 is 11.7 Å². The molecule has 0 atom stereocenters. The predicted molar refractivity (Wildman–Crippen MR) is 66.8 cm³/mol. The summed E-state index contributed by atoms with van der Waals surface area (Å²) in [4.78, 5) is 11.9. The molecule has 0 unspecified atom stereocenters. The molecule has 0 saturated heterocycles. The number of amides is 1. The fraction of sp³-hybridized carbons (Fsp3) is 0.333. The first-order valence-corrected chi connectivity index (χ1v) is 6.07. The van der Waals surface area contributed by atoms with Crippen molar-refractivity contribution in [1.82, 2.24) is 15.4 Å². The van der Waals surface area contributed by atoms with E-state index in [4.69, 9.17) is 5.26 Å². The van der Waals surface area contributed by atoms with Gasteiger partial charge in [-0.15, -0.1) is 0 Å². The van der Waals surface area contributed by atoms with Crippen LogP contribution in [-0.4, -0.2) is 21.3 Å². The number of anilines is 1. The fourth-order valence-corrected chi connectivity index (χ4v) is 1.75. The van der Waals surface area contributed by atoms with Gasteiger partial charge in [0.1, 0.15) is 23.5 Å². The van der Waals surface area contributed by atoms with Crippen molar-refractivity contribution in [3.8, 4) is 6.07 Å². The van der Waals surface area contributed by atoms with Crippen LogP contribution in [-0.2, 0) is 6.18 Å². The molecular formula is C12H10F3N5O2. The molecule has 0 spiro atoms. The number of nitrogens with one attached hydrogen (secondary N) is 2. The van der Waals surface area contributed by atoms with Crippen molar-refractivity contribution in [3.05, 3.63) is 28.8 Å². The Morgan fingerprint density at radius 1 is 1.50 bits per heavy atom. The molecule has 0 aliphatic rings. The number of H-pyrrole nitrogens is 1. The van der Waals surface area contributed by atoms with Crippen LogP contribution in [0.25, 0.3) is 0 Å². The van der Waals surface area contributed by atoms with Gasteiger partial charge in [-0.2, -0.15) is 23.5 Å². The van der Waals surface area contributed by atoms with Crippen molar-refractivity contribution in [2.24, 2.45) is 0 Å². The third-order valence-corrected chi connectivity index (χ3v) is 2.80. The van der Waals surface area contributed by atoms with Crippen LogP contribution in [0.15, 0.2) is 10.8 Å². The van der Waals surface area contributed by atoms with Crippen LogP contribution in [0.1, 0.15) is 47.1 Å². The summed E-state index contributed by atoms with van der Waals surface area (Å²) in [6.07, 6.45) is -4.24. The van der Waals surface area contributed by atoms with E-state index in [-0.39, 0.29) is 17.3 Å². The van der Waals surface area contributed by atoms with E-state index in [1.807, 2.05) is 6.07 Å². The molecule has 116 valence electrons. The molecule has 2 aromatic rings. The van der Waals surface area contributed by atoms with Gasteiger partial charge in [-0.05, 0) is 5.92 Å². The molecule has 0 radical (unpaired) electrons.